The molecule has 1 aliphatic carbocycles. The van der Waals surface area contributed by atoms with Crippen molar-refractivity contribution in [3.63, 3.8) is 0 Å². The number of pyridine rings is 1. The number of carbonyl (C=O) groups excluding carboxylic acids is 2. The topological polar surface area (TPSA) is 90.7 Å². The van der Waals surface area contributed by atoms with Crippen LogP contribution in [0.1, 0.15) is 41.1 Å². The van der Waals surface area contributed by atoms with E-state index >= 15 is 0 Å². The molecule has 1 amide bonds. The van der Waals surface area contributed by atoms with Gasteiger partial charge in [0.15, 0.2) is 0 Å². The Kier molecular flexibility index (Phi) is 5.38. The molecule has 2 heterocycles. The summed E-state index contributed by atoms with van der Waals surface area (Å²) in [4.78, 5) is 31.7. The van der Waals surface area contributed by atoms with Gasteiger partial charge in [-0.1, -0.05) is 29.8 Å². The van der Waals surface area contributed by atoms with Crippen LogP contribution in [0.15, 0.2) is 66.5 Å². The molecule has 1 unspecified atom stereocenters. The molecule has 2 aromatic carbocycles. The van der Waals surface area contributed by atoms with Crippen LogP contribution in [0.2, 0.25) is 5.02 Å². The fourth-order valence-corrected chi connectivity index (χ4v) is 4.83. The second-order valence-electron chi connectivity index (χ2n) is 8.28. The quantitative estimate of drug-likeness (QED) is 0.328. The summed E-state index contributed by atoms with van der Waals surface area (Å²) in [5.74, 6) is -2.15. The van der Waals surface area contributed by atoms with Crippen molar-refractivity contribution in [1.29, 1.82) is 0 Å². The number of Topliss-reactive ketones (excluding diaryl/α,β-unsaturated/α-hetero) is 1. The van der Waals surface area contributed by atoms with Crippen LogP contribution in [-0.4, -0.2) is 26.9 Å². The number of halogens is 1. The Morgan fingerprint density at radius 3 is 2.58 bits per heavy atom. The van der Waals surface area contributed by atoms with E-state index in [2.05, 4.69) is 4.98 Å². The number of hydrogen-bond acceptors (Lipinski definition) is 5. The van der Waals surface area contributed by atoms with Gasteiger partial charge in [-0.3, -0.25) is 19.5 Å². The lowest BCUT2D eigenvalue weighted by atomic mass is 9.89. The number of aliphatic hydroxyl groups is 1. The second-order valence-corrected chi connectivity index (χ2v) is 8.72. The average Bonchev–Trinajstić information content (AvgIpc) is 3.10. The molecule has 5 rings (SSSR count). The molecule has 0 spiro atoms. The Hall–Kier alpha value is -3.64. The summed E-state index contributed by atoms with van der Waals surface area (Å²) in [5, 5.41) is 22.1. The minimum absolute atomic E-state index is 0.0527. The number of hydrogen-bond donors (Lipinski definition) is 2. The van der Waals surface area contributed by atoms with Crippen molar-refractivity contribution in [2.45, 2.75) is 31.7 Å². The standard InChI is InChI=1S/C26H21ClN2O4/c27-19-9-10-21(30)20(13-19)29-23(18-6-3-11-28-14-18)22(25(32)26(29)33)24(31)17-8-7-15-4-1-2-5-16(15)12-17/h3,6-14,23,30-31H,1-2,4-5H2/b24-22-. The van der Waals surface area contributed by atoms with Crippen molar-refractivity contribution >= 4 is 34.7 Å². The number of rotatable bonds is 3. The van der Waals surface area contributed by atoms with E-state index in [1.54, 1.807) is 24.4 Å². The van der Waals surface area contributed by atoms with Gasteiger partial charge in [0, 0.05) is 23.0 Å². The van der Waals surface area contributed by atoms with Gasteiger partial charge in [-0.05, 0) is 72.7 Å². The van der Waals surface area contributed by atoms with Crippen LogP contribution in [0.4, 0.5) is 5.69 Å². The van der Waals surface area contributed by atoms with Gasteiger partial charge in [0.25, 0.3) is 11.7 Å². The largest absolute Gasteiger partial charge is 0.507 e. The first-order valence-corrected chi connectivity index (χ1v) is 11.1. The molecule has 1 atom stereocenters. The van der Waals surface area contributed by atoms with E-state index in [1.807, 2.05) is 12.1 Å². The van der Waals surface area contributed by atoms with Crippen LogP contribution in [0.25, 0.3) is 5.76 Å². The predicted molar refractivity (Wildman–Crippen MR) is 125 cm³/mol. The summed E-state index contributed by atoms with van der Waals surface area (Å²) in [5.41, 5.74) is 3.43. The van der Waals surface area contributed by atoms with Crippen LogP contribution in [0.3, 0.4) is 0 Å². The third-order valence-corrected chi connectivity index (χ3v) is 6.50. The number of amides is 1. The minimum Gasteiger partial charge on any atom is -0.507 e. The van der Waals surface area contributed by atoms with Gasteiger partial charge in [0.1, 0.15) is 11.5 Å². The van der Waals surface area contributed by atoms with Crippen LogP contribution < -0.4 is 4.90 Å². The number of fused-ring (bicyclic) bond motifs is 1. The molecule has 2 N–H and O–H groups in total. The number of aryl methyl sites for hydroxylation is 2. The molecular weight excluding hydrogens is 440 g/mol. The molecule has 2 aliphatic rings. The second kappa shape index (κ2) is 8.37. The summed E-state index contributed by atoms with van der Waals surface area (Å²) >= 11 is 6.13. The van der Waals surface area contributed by atoms with E-state index in [4.69, 9.17) is 11.6 Å². The predicted octanol–water partition coefficient (Wildman–Crippen LogP) is 4.95. The first-order valence-electron chi connectivity index (χ1n) is 10.8. The Bertz CT molecular complexity index is 1300. The van der Waals surface area contributed by atoms with Crippen LogP contribution in [-0.2, 0) is 22.4 Å². The highest BCUT2D eigenvalue weighted by atomic mass is 35.5. The van der Waals surface area contributed by atoms with Gasteiger partial charge in [-0.25, -0.2) is 0 Å². The van der Waals surface area contributed by atoms with Crippen molar-refractivity contribution < 1.29 is 19.8 Å². The van der Waals surface area contributed by atoms with Crippen LogP contribution in [0, 0.1) is 0 Å². The number of phenolic OH excluding ortho intramolecular Hbond substituents is 1. The molecule has 1 fully saturated rings. The van der Waals surface area contributed by atoms with E-state index < -0.39 is 17.7 Å². The normalized spacial score (nSPS) is 19.5. The Morgan fingerprint density at radius 2 is 1.82 bits per heavy atom. The number of aliphatic hydroxyl groups excluding tert-OH is 1. The smallest absolute Gasteiger partial charge is 0.300 e. The molecule has 3 aromatic rings. The number of anilines is 1. The molecule has 0 radical (unpaired) electrons. The maximum atomic E-state index is 13.2. The van der Waals surface area contributed by atoms with Gasteiger partial charge in [0.05, 0.1) is 17.3 Å². The van der Waals surface area contributed by atoms with E-state index in [9.17, 15) is 19.8 Å². The lowest BCUT2D eigenvalue weighted by Gasteiger charge is -2.26. The first kappa shape index (κ1) is 21.2. The summed E-state index contributed by atoms with van der Waals surface area (Å²) in [6.07, 6.45) is 7.22. The average molecular weight is 461 g/mol. The molecule has 33 heavy (non-hydrogen) atoms. The summed E-state index contributed by atoms with van der Waals surface area (Å²) < 4.78 is 0. The van der Waals surface area contributed by atoms with E-state index in [0.29, 0.717) is 16.1 Å². The van der Waals surface area contributed by atoms with Crippen molar-refractivity contribution in [2.75, 3.05) is 4.90 Å². The molecule has 0 saturated carbocycles. The maximum absolute atomic E-state index is 13.2. The zero-order valence-corrected chi connectivity index (χ0v) is 18.4. The van der Waals surface area contributed by atoms with Crippen molar-refractivity contribution in [3.05, 3.63) is 93.8 Å². The van der Waals surface area contributed by atoms with Crippen LogP contribution >= 0.6 is 11.6 Å². The number of benzene rings is 2. The first-order chi connectivity index (χ1) is 16.0. The third kappa shape index (κ3) is 3.66. The van der Waals surface area contributed by atoms with Crippen molar-refractivity contribution in [1.82, 2.24) is 4.98 Å². The van der Waals surface area contributed by atoms with E-state index in [1.165, 1.54) is 34.9 Å². The molecule has 1 saturated heterocycles. The fourth-order valence-electron chi connectivity index (χ4n) is 4.66. The van der Waals surface area contributed by atoms with Gasteiger partial charge < -0.3 is 10.2 Å². The van der Waals surface area contributed by atoms with Crippen molar-refractivity contribution in [2.24, 2.45) is 0 Å². The molecule has 1 aromatic heterocycles. The van der Waals surface area contributed by atoms with Gasteiger partial charge in [-0.2, -0.15) is 0 Å². The Balaban J connectivity index is 1.71. The van der Waals surface area contributed by atoms with Crippen molar-refractivity contribution in [3.8, 4) is 5.75 Å². The zero-order chi connectivity index (χ0) is 23.1. The van der Waals surface area contributed by atoms with Gasteiger partial charge in [-0.15, -0.1) is 0 Å². The minimum atomic E-state index is -0.973. The lowest BCUT2D eigenvalue weighted by Crippen LogP contribution is -2.29. The lowest BCUT2D eigenvalue weighted by molar-refractivity contribution is -0.132. The summed E-state index contributed by atoms with van der Waals surface area (Å²) in [6, 6.07) is 12.4. The molecular formula is C26H21ClN2O4. The Morgan fingerprint density at radius 1 is 1.03 bits per heavy atom. The number of aromatic nitrogens is 1. The maximum Gasteiger partial charge on any atom is 0.300 e. The molecule has 0 bridgehead atoms. The number of aromatic hydroxyl groups is 1. The fraction of sp³-hybridized carbons (Fsp3) is 0.192. The zero-order valence-electron chi connectivity index (χ0n) is 17.7. The monoisotopic (exact) mass is 460 g/mol. The summed E-state index contributed by atoms with van der Waals surface area (Å²) in [6.45, 7) is 0. The Labute approximate surface area is 195 Å². The van der Waals surface area contributed by atoms with Gasteiger partial charge in [0.2, 0.25) is 0 Å². The third-order valence-electron chi connectivity index (χ3n) is 6.26. The highest BCUT2D eigenvalue weighted by Crippen LogP contribution is 2.45. The molecule has 1 aliphatic heterocycles. The molecule has 6 nitrogen and oxygen atoms in total. The highest BCUT2D eigenvalue weighted by molar-refractivity contribution is 6.52. The number of ketones is 1. The van der Waals surface area contributed by atoms with E-state index in [0.717, 1.165) is 31.2 Å². The highest BCUT2D eigenvalue weighted by Gasteiger charge is 2.48. The number of carbonyl (C=O) groups is 2. The molecule has 166 valence electrons. The van der Waals surface area contributed by atoms with Gasteiger partial charge >= 0.3 is 0 Å². The number of phenols is 1. The SMILES string of the molecule is O=C1C(=O)N(c2cc(Cl)ccc2O)C(c2cccnc2)/C1=C(/O)c1ccc2c(c1)CCCC2. The number of nitrogens with zero attached hydrogens (tertiary/aromatic N) is 2. The summed E-state index contributed by atoms with van der Waals surface area (Å²) in [7, 11) is 0. The van der Waals surface area contributed by atoms with Crippen LogP contribution in [0.5, 0.6) is 5.75 Å². The molecule has 7 heteroatoms. The van der Waals surface area contributed by atoms with E-state index in [-0.39, 0.29) is 22.8 Å².